The summed E-state index contributed by atoms with van der Waals surface area (Å²) < 4.78 is 33.7. The molecule has 0 saturated carbocycles. The van der Waals surface area contributed by atoms with Crippen molar-refractivity contribution in [2.75, 3.05) is 29.5 Å². The lowest BCUT2D eigenvalue weighted by Gasteiger charge is -2.21. The van der Waals surface area contributed by atoms with Crippen LogP contribution in [-0.2, 0) is 26.2 Å². The molecule has 2 heterocycles. The number of halogens is 3. The van der Waals surface area contributed by atoms with Gasteiger partial charge in [0.2, 0.25) is 21.8 Å². The zero-order chi connectivity index (χ0) is 30.6. The van der Waals surface area contributed by atoms with Crippen LogP contribution in [0.25, 0.3) is 11.7 Å². The second-order valence-corrected chi connectivity index (χ2v) is 12.5. The van der Waals surface area contributed by atoms with Gasteiger partial charge in [-0.1, -0.05) is 35.3 Å². The highest BCUT2D eigenvalue weighted by Gasteiger charge is 2.20. The minimum Gasteiger partial charge on any atom is -0.485 e. The molecular weight excluding hydrogens is 669 g/mol. The first-order valence-electron chi connectivity index (χ1n) is 12.4. The summed E-state index contributed by atoms with van der Waals surface area (Å²) in [6.45, 7) is 1.63. The third kappa shape index (κ3) is 7.62. The maximum atomic E-state index is 12.9. The van der Waals surface area contributed by atoms with Gasteiger partial charge in [0.15, 0.2) is 11.4 Å². The van der Waals surface area contributed by atoms with E-state index in [1.165, 1.54) is 11.0 Å². The number of hydrogen-bond acceptors (Lipinski definition) is 6. The van der Waals surface area contributed by atoms with Gasteiger partial charge in [0.1, 0.15) is 11.2 Å². The Balaban J connectivity index is 1.38. The average Bonchev–Trinajstić information content (AvgIpc) is 3.23. The Morgan fingerprint density at radius 1 is 1.14 bits per heavy atom. The molecule has 2 aromatic heterocycles. The molecule has 2 N–H and O–H groups in total. The molecule has 0 atom stereocenters. The third-order valence-corrected chi connectivity index (χ3v) is 8.38. The molecule has 0 aliphatic rings. The van der Waals surface area contributed by atoms with Crippen LogP contribution in [0.5, 0.6) is 5.75 Å². The second kappa shape index (κ2) is 13.2. The zero-order valence-corrected chi connectivity index (χ0v) is 26.6. The molecular formula is C28H26BrCl2N5O5S. The summed E-state index contributed by atoms with van der Waals surface area (Å²) in [6, 6.07) is 13.3. The van der Waals surface area contributed by atoms with E-state index in [0.717, 1.165) is 16.6 Å². The van der Waals surface area contributed by atoms with Crippen molar-refractivity contribution in [2.45, 2.75) is 13.5 Å². The fourth-order valence-electron chi connectivity index (χ4n) is 3.89. The number of carbonyl (C=O) groups is 2. The molecule has 0 fully saturated rings. The lowest BCUT2D eigenvalue weighted by atomic mass is 10.2. The SMILES string of the molecule is Cc1nc2c(OCc3c(Cl)ccc(N(C)C(=O)CNC(=O)/C=C/c4ccc(NS(C)(=O)=O)cc4)c3Cl)cccn2c1Br. The van der Waals surface area contributed by atoms with Gasteiger partial charge in [0, 0.05) is 35.6 Å². The first-order valence-corrected chi connectivity index (χ1v) is 15.8. The Kier molecular flexibility index (Phi) is 9.82. The van der Waals surface area contributed by atoms with Crippen molar-refractivity contribution in [1.82, 2.24) is 14.7 Å². The van der Waals surface area contributed by atoms with Crippen molar-refractivity contribution in [3.05, 3.63) is 92.3 Å². The first-order chi connectivity index (χ1) is 19.8. The summed E-state index contributed by atoms with van der Waals surface area (Å²) in [7, 11) is -1.84. The molecule has 2 amide bonds. The van der Waals surface area contributed by atoms with Gasteiger partial charge >= 0.3 is 0 Å². The zero-order valence-electron chi connectivity index (χ0n) is 22.7. The number of likely N-dealkylation sites (N-methyl/N-ethyl adjacent to an activating group) is 1. The summed E-state index contributed by atoms with van der Waals surface area (Å²) in [5.41, 5.74) is 3.40. The van der Waals surface area contributed by atoms with Crippen molar-refractivity contribution >= 4 is 84.1 Å². The predicted molar refractivity (Wildman–Crippen MR) is 169 cm³/mol. The number of imidazole rings is 1. The van der Waals surface area contributed by atoms with Gasteiger partial charge in [-0.25, -0.2) is 13.4 Å². The Morgan fingerprint density at radius 3 is 2.55 bits per heavy atom. The van der Waals surface area contributed by atoms with E-state index in [-0.39, 0.29) is 18.2 Å². The molecule has 2 aromatic carbocycles. The van der Waals surface area contributed by atoms with Crippen LogP contribution in [-0.4, -0.2) is 49.5 Å². The number of benzene rings is 2. The van der Waals surface area contributed by atoms with Crippen molar-refractivity contribution in [3.63, 3.8) is 0 Å². The molecule has 4 rings (SSSR count). The van der Waals surface area contributed by atoms with Crippen LogP contribution in [0.15, 0.2) is 65.4 Å². The Morgan fingerprint density at radius 2 is 1.86 bits per heavy atom. The van der Waals surface area contributed by atoms with E-state index in [4.69, 9.17) is 27.9 Å². The van der Waals surface area contributed by atoms with Gasteiger partial charge < -0.3 is 15.0 Å². The summed E-state index contributed by atoms with van der Waals surface area (Å²) in [4.78, 5) is 31.0. The monoisotopic (exact) mass is 693 g/mol. The van der Waals surface area contributed by atoms with Crippen LogP contribution in [0.4, 0.5) is 11.4 Å². The molecule has 0 bridgehead atoms. The number of aryl methyl sites for hydroxylation is 1. The maximum absolute atomic E-state index is 12.9. The molecule has 0 saturated heterocycles. The van der Waals surface area contributed by atoms with E-state index >= 15 is 0 Å². The molecule has 0 spiro atoms. The molecule has 220 valence electrons. The van der Waals surface area contributed by atoms with Crippen molar-refractivity contribution in [3.8, 4) is 5.75 Å². The number of nitrogens with zero attached hydrogens (tertiary/aromatic N) is 3. The number of nitrogens with one attached hydrogen (secondary N) is 2. The van der Waals surface area contributed by atoms with Gasteiger partial charge in [-0.2, -0.15) is 0 Å². The van der Waals surface area contributed by atoms with E-state index < -0.39 is 21.8 Å². The standard InChI is InChI=1S/C28H26BrCl2N5O5S/c1-17-27(29)36-14-4-5-23(28(36)33-17)41-16-20-21(30)11-12-22(26(20)31)35(2)25(38)15-32-24(37)13-8-18-6-9-19(10-7-18)34-42(3,39)40/h4-14,34H,15-16H2,1-3H3,(H,32,37)/b13-8+. The van der Waals surface area contributed by atoms with Crippen LogP contribution in [0, 0.1) is 6.92 Å². The predicted octanol–water partition coefficient (Wildman–Crippen LogP) is 5.45. The van der Waals surface area contributed by atoms with Crippen molar-refractivity contribution in [2.24, 2.45) is 0 Å². The Hall–Kier alpha value is -3.58. The fraction of sp³-hybridized carbons (Fsp3) is 0.179. The van der Waals surface area contributed by atoms with Crippen LogP contribution in [0.1, 0.15) is 16.8 Å². The number of hydrogen-bond donors (Lipinski definition) is 2. The molecule has 0 radical (unpaired) electrons. The number of amides is 2. The van der Waals surface area contributed by atoms with Crippen LogP contribution >= 0.6 is 39.1 Å². The van der Waals surface area contributed by atoms with E-state index in [1.54, 1.807) is 55.6 Å². The Bertz CT molecular complexity index is 1790. The quantitative estimate of drug-likeness (QED) is 0.213. The van der Waals surface area contributed by atoms with E-state index in [0.29, 0.717) is 38.9 Å². The number of aromatic nitrogens is 2. The number of ether oxygens (including phenoxy) is 1. The summed E-state index contributed by atoms with van der Waals surface area (Å²) in [6.07, 6.45) is 5.74. The highest BCUT2D eigenvalue weighted by atomic mass is 79.9. The number of sulfonamides is 1. The highest BCUT2D eigenvalue weighted by Crippen LogP contribution is 2.35. The smallest absolute Gasteiger partial charge is 0.246 e. The number of pyridine rings is 1. The molecule has 4 aromatic rings. The second-order valence-electron chi connectivity index (χ2n) is 9.20. The largest absolute Gasteiger partial charge is 0.485 e. The van der Waals surface area contributed by atoms with Crippen molar-refractivity contribution < 1.29 is 22.7 Å². The van der Waals surface area contributed by atoms with E-state index in [2.05, 4.69) is 31.0 Å². The lowest BCUT2D eigenvalue weighted by Crippen LogP contribution is -2.37. The molecule has 0 aliphatic heterocycles. The van der Waals surface area contributed by atoms with Crippen molar-refractivity contribution in [1.29, 1.82) is 0 Å². The van der Waals surface area contributed by atoms with Gasteiger partial charge in [-0.3, -0.25) is 18.7 Å². The third-order valence-electron chi connectivity index (χ3n) is 6.04. The molecule has 10 nitrogen and oxygen atoms in total. The Labute approximate surface area is 261 Å². The number of carbonyl (C=O) groups excluding carboxylic acids is 2. The summed E-state index contributed by atoms with van der Waals surface area (Å²) in [5, 5.41) is 3.16. The van der Waals surface area contributed by atoms with Crippen LogP contribution < -0.4 is 19.7 Å². The maximum Gasteiger partial charge on any atom is 0.246 e. The molecule has 14 heteroatoms. The van der Waals surface area contributed by atoms with Crippen LogP contribution in [0.3, 0.4) is 0 Å². The normalized spacial score (nSPS) is 11.6. The number of fused-ring (bicyclic) bond motifs is 1. The minimum atomic E-state index is -3.38. The summed E-state index contributed by atoms with van der Waals surface area (Å²) in [5.74, 6) is -0.363. The van der Waals surface area contributed by atoms with E-state index in [1.807, 2.05) is 23.6 Å². The van der Waals surface area contributed by atoms with Crippen LogP contribution in [0.2, 0.25) is 10.0 Å². The topological polar surface area (TPSA) is 122 Å². The summed E-state index contributed by atoms with van der Waals surface area (Å²) >= 11 is 16.6. The molecule has 0 aliphatic carbocycles. The van der Waals surface area contributed by atoms with Gasteiger partial charge in [0.05, 0.1) is 29.2 Å². The van der Waals surface area contributed by atoms with Gasteiger partial charge in [-0.05, 0) is 70.9 Å². The lowest BCUT2D eigenvalue weighted by molar-refractivity contribution is -0.122. The minimum absolute atomic E-state index is 0.0313. The number of anilines is 2. The number of rotatable bonds is 10. The van der Waals surface area contributed by atoms with E-state index in [9.17, 15) is 18.0 Å². The molecule has 42 heavy (non-hydrogen) atoms. The van der Waals surface area contributed by atoms with Gasteiger partial charge in [-0.15, -0.1) is 0 Å². The highest BCUT2D eigenvalue weighted by molar-refractivity contribution is 9.10. The molecule has 0 unspecified atom stereocenters. The van der Waals surface area contributed by atoms with Gasteiger partial charge in [0.25, 0.3) is 0 Å². The fourth-order valence-corrected chi connectivity index (χ4v) is 5.43. The first kappa shape index (κ1) is 31.4. The average molecular weight is 695 g/mol.